The van der Waals surface area contributed by atoms with Gasteiger partial charge in [0.05, 0.1) is 12.2 Å². The second-order valence-corrected chi connectivity index (χ2v) is 4.49. The summed E-state index contributed by atoms with van der Waals surface area (Å²) in [6.07, 6.45) is -3.94. The van der Waals surface area contributed by atoms with Gasteiger partial charge in [0.15, 0.2) is 0 Å². The van der Waals surface area contributed by atoms with E-state index in [9.17, 15) is 22.8 Å². The minimum atomic E-state index is -4.53. The predicted octanol–water partition coefficient (Wildman–Crippen LogP) is 2.58. The average Bonchev–Trinajstić information content (AvgIpc) is 2.63. The van der Waals surface area contributed by atoms with E-state index in [4.69, 9.17) is 4.74 Å². The highest BCUT2D eigenvalue weighted by Crippen LogP contribution is 2.29. The van der Waals surface area contributed by atoms with Gasteiger partial charge in [0.2, 0.25) is 0 Å². The maximum absolute atomic E-state index is 12.6. The average molecular weight is 302 g/mol. The molecule has 0 radical (unpaired) electrons. The second kappa shape index (κ2) is 6.02. The van der Waals surface area contributed by atoms with Crippen LogP contribution in [-0.4, -0.2) is 30.2 Å². The summed E-state index contributed by atoms with van der Waals surface area (Å²) in [5.41, 5.74) is 1.15. The lowest BCUT2D eigenvalue weighted by Crippen LogP contribution is -2.46. The number of nitrogens with zero attached hydrogens (tertiary/aromatic N) is 1. The van der Waals surface area contributed by atoms with Crippen molar-refractivity contribution in [3.05, 3.63) is 35.4 Å². The molecule has 1 heterocycles. The quantitative estimate of drug-likeness (QED) is 0.913. The Labute approximate surface area is 118 Å². The summed E-state index contributed by atoms with van der Waals surface area (Å²) >= 11 is 0. The van der Waals surface area contributed by atoms with Crippen LogP contribution in [0.25, 0.3) is 0 Å². The Morgan fingerprint density at radius 3 is 2.76 bits per heavy atom. The van der Waals surface area contributed by atoms with Gasteiger partial charge in [0, 0.05) is 12.1 Å². The van der Waals surface area contributed by atoms with Crippen molar-refractivity contribution in [1.82, 2.24) is 10.4 Å². The summed E-state index contributed by atoms with van der Waals surface area (Å²) in [5, 5.41) is 0.968. The van der Waals surface area contributed by atoms with E-state index in [0.717, 1.165) is 23.2 Å². The van der Waals surface area contributed by atoms with Crippen LogP contribution < -0.4 is 5.43 Å². The standard InChI is InChI=1S/C13H13F3N2O3/c14-13(15,16)10-5-3-4-9(8-10)11(19)17-18-6-1-2-7-21-12(18)20/h3-5,8H,1-2,6-7H2,(H,17,19). The lowest BCUT2D eigenvalue weighted by molar-refractivity contribution is -0.137. The van der Waals surface area contributed by atoms with E-state index in [1.165, 1.54) is 6.07 Å². The monoisotopic (exact) mass is 302 g/mol. The third-order valence-corrected chi connectivity index (χ3v) is 2.91. The van der Waals surface area contributed by atoms with Crippen molar-refractivity contribution in [2.45, 2.75) is 19.0 Å². The van der Waals surface area contributed by atoms with E-state index in [0.29, 0.717) is 12.8 Å². The number of ether oxygens (including phenoxy) is 1. The molecule has 1 saturated heterocycles. The largest absolute Gasteiger partial charge is 0.448 e. The smallest absolute Gasteiger partial charge is 0.428 e. The van der Waals surface area contributed by atoms with Crippen LogP contribution >= 0.6 is 0 Å². The second-order valence-electron chi connectivity index (χ2n) is 4.49. The fraction of sp³-hybridized carbons (Fsp3) is 0.385. The SMILES string of the molecule is O=C(NN1CCCCOC1=O)c1cccc(C(F)(F)F)c1. The highest BCUT2D eigenvalue weighted by atomic mass is 19.4. The number of cyclic esters (lactones) is 1. The number of hydrogen-bond acceptors (Lipinski definition) is 3. The van der Waals surface area contributed by atoms with Crippen LogP contribution in [0.4, 0.5) is 18.0 Å². The molecule has 0 aliphatic carbocycles. The molecule has 1 aromatic carbocycles. The number of amides is 2. The van der Waals surface area contributed by atoms with Crippen LogP contribution in [0.5, 0.6) is 0 Å². The summed E-state index contributed by atoms with van der Waals surface area (Å²) in [6.45, 7) is 0.512. The molecule has 0 atom stereocenters. The zero-order valence-corrected chi connectivity index (χ0v) is 10.9. The van der Waals surface area contributed by atoms with Crippen molar-refractivity contribution in [1.29, 1.82) is 0 Å². The molecule has 2 rings (SSSR count). The number of rotatable bonds is 2. The molecule has 5 nitrogen and oxygen atoms in total. The van der Waals surface area contributed by atoms with Gasteiger partial charge in [0.25, 0.3) is 5.91 Å². The lowest BCUT2D eigenvalue weighted by atomic mass is 10.1. The zero-order chi connectivity index (χ0) is 15.5. The molecule has 1 aromatic rings. The Balaban J connectivity index is 2.11. The van der Waals surface area contributed by atoms with E-state index < -0.39 is 23.7 Å². The first-order valence-electron chi connectivity index (χ1n) is 6.30. The van der Waals surface area contributed by atoms with Gasteiger partial charge in [-0.2, -0.15) is 13.2 Å². The molecule has 8 heteroatoms. The van der Waals surface area contributed by atoms with Gasteiger partial charge >= 0.3 is 12.3 Å². The number of carbonyl (C=O) groups is 2. The summed E-state index contributed by atoms with van der Waals surface area (Å²) in [6, 6.07) is 3.99. The summed E-state index contributed by atoms with van der Waals surface area (Å²) < 4.78 is 42.6. The van der Waals surface area contributed by atoms with E-state index in [1.807, 2.05) is 0 Å². The first kappa shape index (κ1) is 15.1. The Kier molecular flexibility index (Phi) is 4.35. The van der Waals surface area contributed by atoms with Gasteiger partial charge in [-0.05, 0) is 31.0 Å². The summed E-state index contributed by atoms with van der Waals surface area (Å²) in [7, 11) is 0. The molecule has 0 saturated carbocycles. The van der Waals surface area contributed by atoms with Crippen molar-refractivity contribution in [2.75, 3.05) is 13.2 Å². The maximum Gasteiger partial charge on any atom is 0.428 e. The highest BCUT2D eigenvalue weighted by molar-refractivity contribution is 5.95. The zero-order valence-electron chi connectivity index (χ0n) is 10.9. The first-order chi connectivity index (χ1) is 9.88. The Hall–Kier alpha value is -2.25. The summed E-state index contributed by atoms with van der Waals surface area (Å²) in [5.74, 6) is -0.792. The molecule has 2 amide bonds. The van der Waals surface area contributed by atoms with Crippen molar-refractivity contribution < 1.29 is 27.5 Å². The topological polar surface area (TPSA) is 58.6 Å². The minimum absolute atomic E-state index is 0.179. The van der Waals surface area contributed by atoms with Crippen molar-refractivity contribution in [2.24, 2.45) is 0 Å². The number of hydrazine groups is 1. The fourth-order valence-corrected chi connectivity index (χ4v) is 1.83. The molecular weight excluding hydrogens is 289 g/mol. The number of carbonyl (C=O) groups excluding carboxylic acids is 2. The number of hydrogen-bond donors (Lipinski definition) is 1. The third kappa shape index (κ3) is 3.87. The molecule has 1 aliphatic rings. The van der Waals surface area contributed by atoms with Gasteiger partial charge in [0.1, 0.15) is 0 Å². The molecular formula is C13H13F3N2O3. The Morgan fingerprint density at radius 2 is 2.05 bits per heavy atom. The van der Waals surface area contributed by atoms with Gasteiger partial charge in [-0.15, -0.1) is 0 Å². The molecule has 21 heavy (non-hydrogen) atoms. The minimum Gasteiger partial charge on any atom is -0.448 e. The fourth-order valence-electron chi connectivity index (χ4n) is 1.83. The third-order valence-electron chi connectivity index (χ3n) is 2.91. The van der Waals surface area contributed by atoms with Crippen LogP contribution in [-0.2, 0) is 10.9 Å². The van der Waals surface area contributed by atoms with E-state index in [2.05, 4.69) is 5.43 Å². The van der Waals surface area contributed by atoms with Crippen molar-refractivity contribution in [3.8, 4) is 0 Å². The molecule has 0 aromatic heterocycles. The Morgan fingerprint density at radius 1 is 1.29 bits per heavy atom. The number of nitrogens with one attached hydrogen (secondary N) is 1. The first-order valence-corrected chi connectivity index (χ1v) is 6.30. The Bertz CT molecular complexity index is 546. The molecule has 114 valence electrons. The van der Waals surface area contributed by atoms with Crippen LogP contribution in [0.3, 0.4) is 0 Å². The van der Waals surface area contributed by atoms with Crippen molar-refractivity contribution >= 4 is 12.0 Å². The lowest BCUT2D eigenvalue weighted by Gasteiger charge is -2.20. The number of benzene rings is 1. The highest BCUT2D eigenvalue weighted by Gasteiger charge is 2.31. The van der Waals surface area contributed by atoms with E-state index in [-0.39, 0.29) is 18.7 Å². The van der Waals surface area contributed by atoms with Crippen molar-refractivity contribution in [3.63, 3.8) is 0 Å². The van der Waals surface area contributed by atoms with Crippen LogP contribution in [0.1, 0.15) is 28.8 Å². The summed E-state index contributed by atoms with van der Waals surface area (Å²) in [4.78, 5) is 23.4. The molecule has 0 spiro atoms. The molecule has 0 bridgehead atoms. The molecule has 1 aliphatic heterocycles. The van der Waals surface area contributed by atoms with Crippen LogP contribution in [0, 0.1) is 0 Å². The van der Waals surface area contributed by atoms with Gasteiger partial charge in [-0.25, -0.2) is 9.80 Å². The normalized spacial score (nSPS) is 16.1. The van der Waals surface area contributed by atoms with Crippen LogP contribution in [0.2, 0.25) is 0 Å². The molecule has 1 N–H and O–H groups in total. The van der Waals surface area contributed by atoms with Crippen LogP contribution in [0.15, 0.2) is 24.3 Å². The molecule has 0 unspecified atom stereocenters. The van der Waals surface area contributed by atoms with Gasteiger partial charge < -0.3 is 4.74 Å². The van der Waals surface area contributed by atoms with Gasteiger partial charge in [-0.3, -0.25) is 10.2 Å². The predicted molar refractivity (Wildman–Crippen MR) is 66.2 cm³/mol. The maximum atomic E-state index is 12.6. The van der Waals surface area contributed by atoms with E-state index in [1.54, 1.807) is 0 Å². The van der Waals surface area contributed by atoms with Gasteiger partial charge in [-0.1, -0.05) is 6.07 Å². The molecule has 1 fully saturated rings. The number of alkyl halides is 3. The number of halogens is 3. The van der Waals surface area contributed by atoms with E-state index >= 15 is 0 Å².